The van der Waals surface area contributed by atoms with Gasteiger partial charge in [-0.15, -0.1) is 0 Å². The highest BCUT2D eigenvalue weighted by molar-refractivity contribution is 4.71. The molecule has 0 saturated heterocycles. The van der Waals surface area contributed by atoms with Crippen LogP contribution in [-0.4, -0.2) is 59.7 Å². The summed E-state index contributed by atoms with van der Waals surface area (Å²) >= 11 is 0. The van der Waals surface area contributed by atoms with Gasteiger partial charge in [-0.2, -0.15) is 0 Å². The monoisotopic (exact) mass is 247 g/mol. The Morgan fingerprint density at radius 3 is 2.24 bits per heavy atom. The number of aliphatic hydroxyl groups excluding tert-OH is 2. The quantitative estimate of drug-likeness (QED) is 0.644. The molecule has 0 heterocycles. The third kappa shape index (κ3) is 8.55. The molecule has 0 aliphatic carbocycles. The van der Waals surface area contributed by atoms with Crippen LogP contribution in [0.5, 0.6) is 0 Å². The third-order valence-electron chi connectivity index (χ3n) is 2.65. The van der Waals surface area contributed by atoms with Crippen LogP contribution in [0, 0.1) is 0 Å². The van der Waals surface area contributed by atoms with Crippen LogP contribution in [0.3, 0.4) is 0 Å². The summed E-state index contributed by atoms with van der Waals surface area (Å²) in [5, 5.41) is 18.4. The van der Waals surface area contributed by atoms with Crippen molar-refractivity contribution in [3.63, 3.8) is 0 Å². The Balaban J connectivity index is 4.12. The van der Waals surface area contributed by atoms with Crippen molar-refractivity contribution in [2.24, 2.45) is 0 Å². The Morgan fingerprint density at radius 2 is 1.82 bits per heavy atom. The van der Waals surface area contributed by atoms with Gasteiger partial charge in [-0.25, -0.2) is 0 Å². The van der Waals surface area contributed by atoms with Crippen LogP contribution >= 0.6 is 0 Å². The van der Waals surface area contributed by atoms with Crippen LogP contribution in [0.1, 0.15) is 40.5 Å². The highest BCUT2D eigenvalue weighted by Gasteiger charge is 2.17. The molecule has 0 saturated carbocycles. The smallest absolute Gasteiger partial charge is 0.0600 e. The first-order valence-corrected chi connectivity index (χ1v) is 6.54. The lowest BCUT2D eigenvalue weighted by atomic mass is 10.1. The van der Waals surface area contributed by atoms with E-state index in [1.807, 2.05) is 20.8 Å². The zero-order chi connectivity index (χ0) is 13.3. The fourth-order valence-electron chi connectivity index (χ4n) is 1.80. The van der Waals surface area contributed by atoms with Crippen LogP contribution < -0.4 is 0 Å². The molecule has 0 aliphatic rings. The molecule has 2 N–H and O–H groups in total. The first kappa shape index (κ1) is 16.8. The summed E-state index contributed by atoms with van der Waals surface area (Å²) in [5.74, 6) is 0. The molecule has 1 unspecified atom stereocenters. The summed E-state index contributed by atoms with van der Waals surface area (Å²) in [6.45, 7) is 10.4. The maximum Gasteiger partial charge on any atom is 0.0600 e. The Kier molecular flexibility index (Phi) is 8.78. The molecule has 17 heavy (non-hydrogen) atoms. The SMILES string of the molecule is CCCC(CO)N(CCO)CCOC(C)(C)C. The fraction of sp³-hybridized carbons (Fsp3) is 1.00. The standard InChI is InChI=1S/C13H29NO3/c1-5-6-12(11-16)14(7-9-15)8-10-17-13(2,3)4/h12,15-16H,5-11H2,1-4H3. The van der Waals surface area contributed by atoms with E-state index in [9.17, 15) is 5.11 Å². The number of aliphatic hydroxyl groups is 2. The number of nitrogens with zero attached hydrogens (tertiary/aromatic N) is 1. The highest BCUT2D eigenvalue weighted by Crippen LogP contribution is 2.09. The van der Waals surface area contributed by atoms with Crippen LogP contribution in [0.15, 0.2) is 0 Å². The van der Waals surface area contributed by atoms with Crippen molar-refractivity contribution < 1.29 is 14.9 Å². The molecule has 0 amide bonds. The molecule has 4 nitrogen and oxygen atoms in total. The van der Waals surface area contributed by atoms with Gasteiger partial charge in [-0.05, 0) is 27.2 Å². The second-order valence-electron chi connectivity index (χ2n) is 5.35. The predicted octanol–water partition coefficient (Wildman–Crippen LogP) is 1.26. The maximum atomic E-state index is 9.35. The van der Waals surface area contributed by atoms with Gasteiger partial charge in [0.25, 0.3) is 0 Å². The van der Waals surface area contributed by atoms with Gasteiger partial charge < -0.3 is 14.9 Å². The molecule has 0 bridgehead atoms. The zero-order valence-corrected chi connectivity index (χ0v) is 11.8. The first-order valence-electron chi connectivity index (χ1n) is 6.54. The van der Waals surface area contributed by atoms with Gasteiger partial charge >= 0.3 is 0 Å². The molecule has 104 valence electrons. The number of rotatable bonds is 9. The molecule has 0 aromatic rings. The molecule has 0 rings (SSSR count). The van der Waals surface area contributed by atoms with Crippen molar-refractivity contribution >= 4 is 0 Å². The van der Waals surface area contributed by atoms with E-state index < -0.39 is 0 Å². The minimum atomic E-state index is -0.135. The van der Waals surface area contributed by atoms with E-state index in [-0.39, 0.29) is 24.9 Å². The average Bonchev–Trinajstić information content (AvgIpc) is 2.23. The lowest BCUT2D eigenvalue weighted by Crippen LogP contribution is -2.42. The molecule has 0 spiro atoms. The average molecular weight is 247 g/mol. The van der Waals surface area contributed by atoms with Gasteiger partial charge in [0.05, 0.1) is 25.4 Å². The van der Waals surface area contributed by atoms with Gasteiger partial charge in [-0.1, -0.05) is 13.3 Å². The van der Waals surface area contributed by atoms with Crippen LogP contribution in [0.2, 0.25) is 0 Å². The van der Waals surface area contributed by atoms with Crippen molar-refractivity contribution in [2.45, 2.75) is 52.2 Å². The maximum absolute atomic E-state index is 9.35. The summed E-state index contributed by atoms with van der Waals surface area (Å²) < 4.78 is 5.67. The molecule has 0 fully saturated rings. The zero-order valence-electron chi connectivity index (χ0n) is 11.8. The van der Waals surface area contributed by atoms with Crippen LogP contribution in [0.4, 0.5) is 0 Å². The van der Waals surface area contributed by atoms with Gasteiger partial charge in [-0.3, -0.25) is 4.90 Å². The van der Waals surface area contributed by atoms with Crippen LogP contribution in [-0.2, 0) is 4.74 Å². The van der Waals surface area contributed by atoms with Crippen molar-refractivity contribution in [1.29, 1.82) is 0 Å². The molecular formula is C13H29NO3. The molecule has 0 aromatic carbocycles. The van der Waals surface area contributed by atoms with Gasteiger partial charge in [0.15, 0.2) is 0 Å². The summed E-state index contributed by atoms with van der Waals surface area (Å²) in [6, 6.07) is 0.135. The summed E-state index contributed by atoms with van der Waals surface area (Å²) in [7, 11) is 0. The first-order chi connectivity index (χ1) is 7.94. The second kappa shape index (κ2) is 8.86. The highest BCUT2D eigenvalue weighted by atomic mass is 16.5. The van der Waals surface area contributed by atoms with Crippen molar-refractivity contribution in [1.82, 2.24) is 4.90 Å². The fourth-order valence-corrected chi connectivity index (χ4v) is 1.80. The van der Waals surface area contributed by atoms with Gasteiger partial charge in [0.1, 0.15) is 0 Å². The Bertz CT molecular complexity index is 180. The minimum Gasteiger partial charge on any atom is -0.395 e. The normalized spacial score (nSPS) is 14.3. The summed E-state index contributed by atoms with van der Waals surface area (Å²) in [5.41, 5.74) is -0.135. The third-order valence-corrected chi connectivity index (χ3v) is 2.65. The topological polar surface area (TPSA) is 52.9 Å². The van der Waals surface area contributed by atoms with E-state index in [0.29, 0.717) is 13.2 Å². The van der Waals surface area contributed by atoms with E-state index in [2.05, 4.69) is 11.8 Å². The van der Waals surface area contributed by atoms with Crippen molar-refractivity contribution in [3.05, 3.63) is 0 Å². The van der Waals surface area contributed by atoms with Crippen LogP contribution in [0.25, 0.3) is 0 Å². The van der Waals surface area contributed by atoms with E-state index in [0.717, 1.165) is 19.4 Å². The summed E-state index contributed by atoms with van der Waals surface area (Å²) in [6.07, 6.45) is 1.99. The van der Waals surface area contributed by atoms with E-state index >= 15 is 0 Å². The van der Waals surface area contributed by atoms with Gasteiger partial charge in [0, 0.05) is 19.1 Å². The number of hydrogen-bond acceptors (Lipinski definition) is 4. The second-order valence-corrected chi connectivity index (χ2v) is 5.35. The summed E-state index contributed by atoms with van der Waals surface area (Å²) in [4.78, 5) is 2.11. The van der Waals surface area contributed by atoms with Crippen molar-refractivity contribution in [3.8, 4) is 0 Å². The molecular weight excluding hydrogens is 218 g/mol. The molecule has 0 aromatic heterocycles. The largest absolute Gasteiger partial charge is 0.395 e. The number of ether oxygens (including phenoxy) is 1. The van der Waals surface area contributed by atoms with E-state index in [1.54, 1.807) is 0 Å². The number of hydrogen-bond donors (Lipinski definition) is 2. The molecule has 0 aliphatic heterocycles. The van der Waals surface area contributed by atoms with E-state index in [4.69, 9.17) is 9.84 Å². The lowest BCUT2D eigenvalue weighted by molar-refractivity contribution is -0.0234. The molecule has 0 radical (unpaired) electrons. The minimum absolute atomic E-state index is 0.121. The lowest BCUT2D eigenvalue weighted by Gasteiger charge is -2.31. The molecule has 4 heteroatoms. The Hall–Kier alpha value is -0.160. The van der Waals surface area contributed by atoms with Crippen molar-refractivity contribution in [2.75, 3.05) is 32.9 Å². The molecule has 1 atom stereocenters. The Morgan fingerprint density at radius 1 is 1.18 bits per heavy atom. The van der Waals surface area contributed by atoms with E-state index in [1.165, 1.54) is 0 Å². The Labute approximate surface area is 106 Å². The predicted molar refractivity (Wildman–Crippen MR) is 70.1 cm³/mol. The van der Waals surface area contributed by atoms with Gasteiger partial charge in [0.2, 0.25) is 0 Å².